The normalized spacial score (nSPS) is 26.5. The lowest BCUT2D eigenvalue weighted by molar-refractivity contribution is -0.117. The number of methoxy groups -OCH3 is 2. The number of carbonyl (C=O) groups is 1. The molecular weight excluding hydrogens is 302 g/mol. The summed E-state index contributed by atoms with van der Waals surface area (Å²) in [5.74, 6) is 3.70. The Balaban J connectivity index is 1.57. The van der Waals surface area contributed by atoms with Crippen molar-refractivity contribution >= 4 is 12.0 Å². The number of benzene rings is 1. The minimum absolute atomic E-state index is 0.0277. The summed E-state index contributed by atoms with van der Waals surface area (Å²) in [6.45, 7) is 2.15. The molecule has 24 heavy (non-hydrogen) atoms. The molecular formula is C20H27NO3. The third-order valence-corrected chi connectivity index (χ3v) is 5.64. The van der Waals surface area contributed by atoms with Crippen LogP contribution in [0.5, 0.6) is 11.5 Å². The first-order valence-corrected chi connectivity index (χ1v) is 8.81. The molecule has 2 aliphatic carbocycles. The molecule has 0 radical (unpaired) electrons. The monoisotopic (exact) mass is 329 g/mol. The minimum atomic E-state index is -0.0277. The fourth-order valence-corrected chi connectivity index (χ4v) is 4.41. The third kappa shape index (κ3) is 3.58. The Morgan fingerprint density at radius 3 is 2.62 bits per heavy atom. The van der Waals surface area contributed by atoms with Crippen molar-refractivity contribution in [2.24, 2.45) is 17.8 Å². The van der Waals surface area contributed by atoms with Crippen LogP contribution in [0.1, 0.15) is 38.2 Å². The van der Waals surface area contributed by atoms with E-state index in [9.17, 15) is 4.79 Å². The molecule has 4 atom stereocenters. The van der Waals surface area contributed by atoms with Gasteiger partial charge in [0.1, 0.15) is 0 Å². The van der Waals surface area contributed by atoms with E-state index >= 15 is 0 Å². The van der Waals surface area contributed by atoms with Gasteiger partial charge in [-0.05, 0) is 67.7 Å². The van der Waals surface area contributed by atoms with Crippen LogP contribution in [0.3, 0.4) is 0 Å². The van der Waals surface area contributed by atoms with E-state index < -0.39 is 0 Å². The molecule has 1 N–H and O–H groups in total. The highest BCUT2D eigenvalue weighted by Gasteiger charge is 2.41. The van der Waals surface area contributed by atoms with E-state index in [1.807, 2.05) is 24.3 Å². The number of nitrogens with one attached hydrogen (secondary N) is 1. The summed E-state index contributed by atoms with van der Waals surface area (Å²) in [7, 11) is 3.22. The van der Waals surface area contributed by atoms with Crippen LogP contribution in [0.15, 0.2) is 24.3 Å². The van der Waals surface area contributed by atoms with Gasteiger partial charge in [0.15, 0.2) is 11.5 Å². The molecule has 4 unspecified atom stereocenters. The van der Waals surface area contributed by atoms with Crippen molar-refractivity contribution in [3.63, 3.8) is 0 Å². The van der Waals surface area contributed by atoms with Gasteiger partial charge >= 0.3 is 0 Å². The first-order valence-electron chi connectivity index (χ1n) is 8.81. The molecule has 2 bridgehead atoms. The van der Waals surface area contributed by atoms with Crippen LogP contribution in [0.4, 0.5) is 0 Å². The van der Waals surface area contributed by atoms with Crippen LogP contribution < -0.4 is 14.8 Å². The molecule has 1 aromatic rings. The molecule has 1 amide bonds. The highest BCUT2D eigenvalue weighted by molar-refractivity contribution is 5.92. The lowest BCUT2D eigenvalue weighted by atomic mass is 9.84. The first-order chi connectivity index (χ1) is 11.6. The topological polar surface area (TPSA) is 47.6 Å². The second kappa shape index (κ2) is 7.29. The minimum Gasteiger partial charge on any atom is -0.493 e. The summed E-state index contributed by atoms with van der Waals surface area (Å²) in [6, 6.07) is 5.86. The van der Waals surface area contributed by atoms with E-state index in [4.69, 9.17) is 9.47 Å². The molecule has 2 aliphatic rings. The molecule has 130 valence electrons. The zero-order valence-corrected chi connectivity index (χ0v) is 14.7. The standard InChI is InChI=1S/C20H27NO3/c1-13(17-11-15-4-7-16(17)10-15)21-20(22)9-6-14-5-8-18(23-2)19(12-14)24-3/h5-6,8-9,12-13,15-17H,4,7,10-11H2,1-3H3,(H,21,22)/b9-6+. The summed E-state index contributed by atoms with van der Waals surface area (Å²) in [6.07, 6.45) is 8.80. The van der Waals surface area contributed by atoms with Crippen molar-refractivity contribution in [1.82, 2.24) is 5.32 Å². The number of rotatable bonds is 6. The molecule has 2 fully saturated rings. The molecule has 2 saturated carbocycles. The van der Waals surface area contributed by atoms with Crippen molar-refractivity contribution in [3.05, 3.63) is 29.8 Å². The number of amides is 1. The fourth-order valence-electron chi connectivity index (χ4n) is 4.41. The average Bonchev–Trinajstić information content (AvgIpc) is 3.23. The zero-order chi connectivity index (χ0) is 17.1. The van der Waals surface area contributed by atoms with E-state index in [-0.39, 0.29) is 11.9 Å². The van der Waals surface area contributed by atoms with Gasteiger partial charge in [0.25, 0.3) is 0 Å². The van der Waals surface area contributed by atoms with E-state index in [1.165, 1.54) is 25.7 Å². The Morgan fingerprint density at radius 1 is 1.21 bits per heavy atom. The molecule has 0 heterocycles. The van der Waals surface area contributed by atoms with Crippen molar-refractivity contribution in [3.8, 4) is 11.5 Å². The van der Waals surface area contributed by atoms with Crippen molar-refractivity contribution < 1.29 is 14.3 Å². The molecule has 0 aliphatic heterocycles. The Bertz CT molecular complexity index is 625. The number of hydrogen-bond donors (Lipinski definition) is 1. The van der Waals surface area contributed by atoms with Gasteiger partial charge in [0.2, 0.25) is 5.91 Å². The SMILES string of the molecule is COc1ccc(/C=C/C(=O)NC(C)C2CC3CCC2C3)cc1OC. The van der Waals surface area contributed by atoms with Gasteiger partial charge in [-0.2, -0.15) is 0 Å². The lowest BCUT2D eigenvalue weighted by Gasteiger charge is -2.28. The molecule has 1 aromatic carbocycles. The van der Waals surface area contributed by atoms with E-state index in [1.54, 1.807) is 20.3 Å². The Hall–Kier alpha value is -1.97. The lowest BCUT2D eigenvalue weighted by Crippen LogP contribution is -2.39. The van der Waals surface area contributed by atoms with Crippen LogP contribution >= 0.6 is 0 Å². The number of ether oxygens (including phenoxy) is 2. The van der Waals surface area contributed by atoms with Crippen LogP contribution in [0.25, 0.3) is 6.08 Å². The summed E-state index contributed by atoms with van der Waals surface area (Å²) in [4.78, 5) is 12.2. The highest BCUT2D eigenvalue weighted by atomic mass is 16.5. The first kappa shape index (κ1) is 16.9. The smallest absolute Gasteiger partial charge is 0.244 e. The van der Waals surface area contributed by atoms with Gasteiger partial charge in [-0.3, -0.25) is 4.79 Å². The summed E-state index contributed by atoms with van der Waals surface area (Å²) < 4.78 is 10.5. The Labute approximate surface area is 144 Å². The third-order valence-electron chi connectivity index (χ3n) is 5.64. The molecule has 0 spiro atoms. The van der Waals surface area contributed by atoms with Gasteiger partial charge in [-0.25, -0.2) is 0 Å². The van der Waals surface area contributed by atoms with Crippen molar-refractivity contribution in [2.75, 3.05) is 14.2 Å². The maximum absolute atomic E-state index is 12.2. The largest absolute Gasteiger partial charge is 0.493 e. The predicted octanol–water partition coefficient (Wildman–Crippen LogP) is 3.66. The molecule has 3 rings (SSSR count). The number of hydrogen-bond acceptors (Lipinski definition) is 3. The highest BCUT2D eigenvalue weighted by Crippen LogP contribution is 2.49. The predicted molar refractivity (Wildman–Crippen MR) is 95.1 cm³/mol. The second-order valence-electron chi connectivity index (χ2n) is 7.08. The van der Waals surface area contributed by atoms with Crippen LogP contribution in [0, 0.1) is 17.8 Å². The Morgan fingerprint density at radius 2 is 2.00 bits per heavy atom. The summed E-state index contributed by atoms with van der Waals surface area (Å²) in [5.41, 5.74) is 0.912. The maximum Gasteiger partial charge on any atom is 0.244 e. The van der Waals surface area contributed by atoms with Crippen molar-refractivity contribution in [2.45, 2.75) is 38.6 Å². The molecule has 0 saturated heterocycles. The van der Waals surface area contributed by atoms with Gasteiger partial charge < -0.3 is 14.8 Å². The number of fused-ring (bicyclic) bond motifs is 2. The summed E-state index contributed by atoms with van der Waals surface area (Å²) in [5, 5.41) is 3.15. The van der Waals surface area contributed by atoms with E-state index in [2.05, 4.69) is 12.2 Å². The van der Waals surface area contributed by atoms with Crippen molar-refractivity contribution in [1.29, 1.82) is 0 Å². The fraction of sp³-hybridized carbons (Fsp3) is 0.550. The van der Waals surface area contributed by atoms with E-state index in [0.717, 1.165) is 17.4 Å². The number of carbonyl (C=O) groups excluding carboxylic acids is 1. The summed E-state index contributed by atoms with van der Waals surface area (Å²) >= 11 is 0. The molecule has 4 heteroatoms. The quantitative estimate of drug-likeness (QED) is 0.810. The second-order valence-corrected chi connectivity index (χ2v) is 7.08. The van der Waals surface area contributed by atoms with Gasteiger partial charge in [-0.15, -0.1) is 0 Å². The average molecular weight is 329 g/mol. The van der Waals surface area contributed by atoms with Crippen LogP contribution in [0.2, 0.25) is 0 Å². The molecule has 4 nitrogen and oxygen atoms in total. The van der Waals surface area contributed by atoms with Gasteiger partial charge in [0, 0.05) is 12.1 Å². The van der Waals surface area contributed by atoms with Crippen LogP contribution in [-0.2, 0) is 4.79 Å². The van der Waals surface area contributed by atoms with Gasteiger partial charge in [0.05, 0.1) is 14.2 Å². The Kier molecular flexibility index (Phi) is 5.12. The van der Waals surface area contributed by atoms with Crippen LogP contribution in [-0.4, -0.2) is 26.2 Å². The molecule has 0 aromatic heterocycles. The zero-order valence-electron chi connectivity index (χ0n) is 14.7. The van der Waals surface area contributed by atoms with Gasteiger partial charge in [-0.1, -0.05) is 12.5 Å². The van der Waals surface area contributed by atoms with E-state index in [0.29, 0.717) is 17.4 Å². The maximum atomic E-state index is 12.2.